The SMILES string of the molecule is COc1cccc(C(=O)N2c3ncnn3[C@H](c3ccccc3OC)C[C@H]2c2ccc(C)cc2)c1. The Morgan fingerprint density at radius 3 is 2.50 bits per heavy atom. The number of hydrogen-bond donors (Lipinski definition) is 0. The Hall–Kier alpha value is -4.13. The molecule has 0 unspecified atom stereocenters. The molecular weight excluding hydrogens is 428 g/mol. The van der Waals surface area contributed by atoms with Crippen LogP contribution in [0.3, 0.4) is 0 Å². The highest BCUT2D eigenvalue weighted by atomic mass is 16.5. The Balaban J connectivity index is 1.66. The minimum atomic E-state index is -0.245. The second-order valence-corrected chi connectivity index (χ2v) is 8.33. The van der Waals surface area contributed by atoms with Crippen molar-refractivity contribution in [1.29, 1.82) is 0 Å². The van der Waals surface area contributed by atoms with Gasteiger partial charge in [-0.2, -0.15) is 10.1 Å². The van der Waals surface area contributed by atoms with Gasteiger partial charge in [-0.05, 0) is 43.2 Å². The van der Waals surface area contributed by atoms with Gasteiger partial charge in [-0.3, -0.25) is 9.69 Å². The minimum absolute atomic E-state index is 0.144. The van der Waals surface area contributed by atoms with E-state index in [0.29, 0.717) is 23.7 Å². The first-order valence-corrected chi connectivity index (χ1v) is 11.2. The predicted molar refractivity (Wildman–Crippen MR) is 129 cm³/mol. The van der Waals surface area contributed by atoms with E-state index in [0.717, 1.165) is 22.4 Å². The van der Waals surface area contributed by atoms with Crippen LogP contribution in [0, 0.1) is 6.92 Å². The number of aryl methyl sites for hydroxylation is 1. The van der Waals surface area contributed by atoms with Gasteiger partial charge in [0.2, 0.25) is 5.95 Å². The Kier molecular flexibility index (Phi) is 5.76. The summed E-state index contributed by atoms with van der Waals surface area (Å²) in [4.78, 5) is 20.2. The zero-order valence-electron chi connectivity index (χ0n) is 19.4. The average molecular weight is 455 g/mol. The van der Waals surface area contributed by atoms with Crippen LogP contribution in [0.5, 0.6) is 11.5 Å². The second-order valence-electron chi connectivity index (χ2n) is 8.33. The van der Waals surface area contributed by atoms with Crippen LogP contribution in [0.25, 0.3) is 0 Å². The average Bonchev–Trinajstić information content (AvgIpc) is 3.38. The highest BCUT2D eigenvalue weighted by Gasteiger charge is 2.40. The first-order valence-electron chi connectivity index (χ1n) is 11.2. The van der Waals surface area contributed by atoms with E-state index in [1.54, 1.807) is 31.3 Å². The molecule has 172 valence electrons. The number of anilines is 1. The summed E-state index contributed by atoms with van der Waals surface area (Å²) < 4.78 is 12.8. The lowest BCUT2D eigenvalue weighted by atomic mass is 9.90. The van der Waals surface area contributed by atoms with Gasteiger partial charge >= 0.3 is 0 Å². The van der Waals surface area contributed by atoms with Gasteiger partial charge < -0.3 is 9.47 Å². The van der Waals surface area contributed by atoms with Gasteiger partial charge in [0.15, 0.2) is 0 Å². The van der Waals surface area contributed by atoms with Gasteiger partial charge in [0.25, 0.3) is 5.91 Å². The molecule has 0 radical (unpaired) electrons. The van der Waals surface area contributed by atoms with Crippen molar-refractivity contribution in [2.75, 3.05) is 19.1 Å². The summed E-state index contributed by atoms with van der Waals surface area (Å²) in [6.45, 7) is 2.05. The third kappa shape index (κ3) is 3.79. The van der Waals surface area contributed by atoms with Crippen molar-refractivity contribution < 1.29 is 14.3 Å². The number of amides is 1. The lowest BCUT2D eigenvalue weighted by molar-refractivity contribution is 0.0962. The Morgan fingerprint density at radius 1 is 0.941 bits per heavy atom. The number of benzene rings is 3. The van der Waals surface area contributed by atoms with E-state index in [-0.39, 0.29) is 18.0 Å². The van der Waals surface area contributed by atoms with E-state index < -0.39 is 0 Å². The maximum Gasteiger partial charge on any atom is 0.261 e. The van der Waals surface area contributed by atoms with Gasteiger partial charge in [-0.15, -0.1) is 0 Å². The van der Waals surface area contributed by atoms with Crippen molar-refractivity contribution in [1.82, 2.24) is 14.8 Å². The molecule has 0 bridgehead atoms. The van der Waals surface area contributed by atoms with Crippen LogP contribution in [0.2, 0.25) is 0 Å². The standard InChI is InChI=1S/C27H26N4O3/c1-18-11-13-19(14-12-18)23-16-24(22-9-4-5-10-25(22)34-3)31-27(28-17-29-31)30(23)26(32)20-7-6-8-21(15-20)33-2/h4-15,17,23-24H,16H2,1-3H3/t23-,24-/m0/s1. The van der Waals surface area contributed by atoms with Crippen molar-refractivity contribution in [3.8, 4) is 11.5 Å². The Bertz CT molecular complexity index is 1320. The number of methoxy groups -OCH3 is 2. The number of fused-ring (bicyclic) bond motifs is 1. The molecule has 0 aliphatic carbocycles. The first-order chi connectivity index (χ1) is 16.6. The molecule has 0 N–H and O–H groups in total. The normalized spacial score (nSPS) is 17.2. The summed E-state index contributed by atoms with van der Waals surface area (Å²) in [6, 6.07) is 23.0. The number of carbonyl (C=O) groups excluding carboxylic acids is 1. The number of para-hydroxylation sites is 1. The van der Waals surface area contributed by atoms with Crippen LogP contribution in [0.15, 0.2) is 79.1 Å². The van der Waals surface area contributed by atoms with Crippen LogP contribution >= 0.6 is 0 Å². The van der Waals surface area contributed by atoms with E-state index in [1.807, 2.05) is 41.1 Å². The molecule has 1 aliphatic heterocycles. The molecule has 1 aliphatic rings. The number of nitrogens with zero attached hydrogens (tertiary/aromatic N) is 4. The number of hydrogen-bond acceptors (Lipinski definition) is 5. The fourth-order valence-corrected chi connectivity index (χ4v) is 4.59. The molecule has 0 saturated carbocycles. The molecule has 4 aromatic rings. The molecule has 1 amide bonds. The summed E-state index contributed by atoms with van der Waals surface area (Å²) in [7, 11) is 3.26. The lowest BCUT2D eigenvalue weighted by Crippen LogP contribution is -2.42. The molecule has 2 heterocycles. The number of aromatic nitrogens is 3. The fraction of sp³-hybridized carbons (Fsp3) is 0.222. The highest BCUT2D eigenvalue weighted by molar-refractivity contribution is 6.06. The van der Waals surface area contributed by atoms with Gasteiger partial charge in [-0.1, -0.05) is 54.1 Å². The Morgan fingerprint density at radius 2 is 1.74 bits per heavy atom. The van der Waals surface area contributed by atoms with Crippen LogP contribution in [-0.4, -0.2) is 34.9 Å². The summed E-state index contributed by atoms with van der Waals surface area (Å²) in [5, 5.41) is 4.52. The van der Waals surface area contributed by atoms with Gasteiger partial charge in [-0.25, -0.2) is 4.68 Å². The predicted octanol–water partition coefficient (Wildman–Crippen LogP) is 4.98. The molecule has 5 rings (SSSR count). The van der Waals surface area contributed by atoms with Crippen LogP contribution in [-0.2, 0) is 0 Å². The topological polar surface area (TPSA) is 69.5 Å². The van der Waals surface area contributed by atoms with E-state index in [1.165, 1.54) is 6.33 Å². The van der Waals surface area contributed by atoms with Gasteiger partial charge in [0, 0.05) is 11.1 Å². The quantitative estimate of drug-likeness (QED) is 0.425. The molecule has 0 saturated heterocycles. The highest BCUT2D eigenvalue weighted by Crippen LogP contribution is 2.44. The molecular formula is C27H26N4O3. The summed E-state index contributed by atoms with van der Waals surface area (Å²) >= 11 is 0. The summed E-state index contributed by atoms with van der Waals surface area (Å²) in [6.07, 6.45) is 2.12. The number of rotatable bonds is 5. The smallest absolute Gasteiger partial charge is 0.261 e. The van der Waals surface area contributed by atoms with Crippen molar-refractivity contribution in [2.24, 2.45) is 0 Å². The van der Waals surface area contributed by atoms with E-state index in [4.69, 9.17) is 9.47 Å². The van der Waals surface area contributed by atoms with Crippen molar-refractivity contribution in [3.05, 3.63) is 101 Å². The zero-order chi connectivity index (χ0) is 23.7. The zero-order valence-corrected chi connectivity index (χ0v) is 19.4. The first kappa shape index (κ1) is 21.7. The van der Waals surface area contributed by atoms with Crippen LogP contribution < -0.4 is 14.4 Å². The summed E-state index contributed by atoms with van der Waals surface area (Å²) in [5.41, 5.74) is 3.73. The van der Waals surface area contributed by atoms with Crippen molar-refractivity contribution >= 4 is 11.9 Å². The third-order valence-corrected chi connectivity index (χ3v) is 6.32. The molecule has 3 aromatic carbocycles. The van der Waals surface area contributed by atoms with E-state index in [9.17, 15) is 4.79 Å². The van der Waals surface area contributed by atoms with Crippen LogP contribution in [0.4, 0.5) is 5.95 Å². The van der Waals surface area contributed by atoms with Crippen molar-refractivity contribution in [3.63, 3.8) is 0 Å². The second kappa shape index (κ2) is 9.02. The largest absolute Gasteiger partial charge is 0.497 e. The third-order valence-electron chi connectivity index (χ3n) is 6.32. The molecule has 34 heavy (non-hydrogen) atoms. The molecule has 2 atom stereocenters. The maximum atomic E-state index is 13.9. The maximum absolute atomic E-state index is 13.9. The van der Waals surface area contributed by atoms with Crippen LogP contribution in [0.1, 0.15) is 45.6 Å². The molecule has 7 heteroatoms. The Labute approximate surface area is 198 Å². The molecule has 0 fully saturated rings. The van der Waals surface area contributed by atoms with Gasteiger partial charge in [0.05, 0.1) is 26.3 Å². The monoisotopic (exact) mass is 454 g/mol. The molecule has 7 nitrogen and oxygen atoms in total. The molecule has 1 aromatic heterocycles. The minimum Gasteiger partial charge on any atom is -0.497 e. The fourth-order valence-electron chi connectivity index (χ4n) is 4.59. The van der Waals surface area contributed by atoms with Gasteiger partial charge in [0.1, 0.15) is 17.8 Å². The summed E-state index contributed by atoms with van der Waals surface area (Å²) in [5.74, 6) is 1.75. The number of carbonyl (C=O) groups is 1. The van der Waals surface area contributed by atoms with Crippen molar-refractivity contribution in [2.45, 2.75) is 25.4 Å². The molecule has 0 spiro atoms. The lowest BCUT2D eigenvalue weighted by Gasteiger charge is -2.39. The van der Waals surface area contributed by atoms with E-state index in [2.05, 4.69) is 41.3 Å². The number of ether oxygens (including phenoxy) is 2. The van der Waals surface area contributed by atoms with E-state index >= 15 is 0 Å².